The zero-order valence-electron chi connectivity index (χ0n) is 18.3. The molecule has 1 aliphatic carbocycles. The highest BCUT2D eigenvalue weighted by Crippen LogP contribution is 2.66. The van der Waals surface area contributed by atoms with Gasteiger partial charge >= 0.3 is 18.1 Å². The number of hydrogen-bond acceptors (Lipinski definition) is 4. The number of carbonyl (C=O) groups excluding carboxylic acids is 2. The summed E-state index contributed by atoms with van der Waals surface area (Å²) in [6, 6.07) is 15.2. The minimum Gasteiger partial charge on any atom is -0.459 e. The smallest absolute Gasteiger partial charge is 0.459 e. The lowest BCUT2D eigenvalue weighted by molar-refractivity contribution is -0.196. The van der Waals surface area contributed by atoms with Crippen LogP contribution in [0, 0.1) is 0 Å². The molecule has 2 fully saturated rings. The van der Waals surface area contributed by atoms with E-state index in [0.29, 0.717) is 19.3 Å². The van der Waals surface area contributed by atoms with Gasteiger partial charge in [-0.3, -0.25) is 9.69 Å². The molecule has 1 amide bonds. The van der Waals surface area contributed by atoms with Crippen LogP contribution in [0.25, 0.3) is 0 Å². The number of ether oxygens (including phenoxy) is 1. The van der Waals surface area contributed by atoms with Crippen LogP contribution in [-0.4, -0.2) is 41.7 Å². The summed E-state index contributed by atoms with van der Waals surface area (Å²) in [5, 5.41) is 0. The first-order valence-electron chi connectivity index (χ1n) is 11.2. The number of amides is 1. The maximum absolute atomic E-state index is 13.9. The van der Waals surface area contributed by atoms with Gasteiger partial charge in [0.2, 0.25) is 0 Å². The molecule has 8 heteroatoms. The molecule has 2 heterocycles. The summed E-state index contributed by atoms with van der Waals surface area (Å²) >= 11 is 0. The van der Waals surface area contributed by atoms with E-state index in [2.05, 4.69) is 0 Å². The molecular weight excluding hydrogens is 433 g/mol. The number of alkyl halides is 3. The van der Waals surface area contributed by atoms with E-state index in [0.717, 1.165) is 28.1 Å². The van der Waals surface area contributed by atoms with Gasteiger partial charge in [-0.1, -0.05) is 55.0 Å². The van der Waals surface area contributed by atoms with Crippen LogP contribution in [0.4, 0.5) is 18.9 Å². The van der Waals surface area contributed by atoms with Gasteiger partial charge in [-0.15, -0.1) is 0 Å². The zero-order valence-corrected chi connectivity index (χ0v) is 18.3. The third-order valence-electron chi connectivity index (χ3n) is 7.69. The average Bonchev–Trinajstić information content (AvgIpc) is 3.25. The standard InChI is InChI=1S/C25H25F3N2O3/c1-29-19-12-6-5-11-18(19)23-13-7-8-14-24(23,29)30(22(32)25(26,27)28)20(15-23)21(31)33-16-17-9-3-2-4-10-17/h2-6,9-12,20H,7-8,13-16H2,1H3/t20-,23-,24-/m0/s1. The number of esters is 1. The molecule has 0 unspecified atom stereocenters. The molecule has 5 nitrogen and oxygen atoms in total. The summed E-state index contributed by atoms with van der Waals surface area (Å²) in [5.41, 5.74) is 0.446. The van der Waals surface area contributed by atoms with E-state index in [1.54, 1.807) is 36.2 Å². The number of likely N-dealkylation sites (tertiary alicyclic amines) is 1. The fourth-order valence-corrected chi connectivity index (χ4v) is 6.47. The van der Waals surface area contributed by atoms with Gasteiger partial charge < -0.3 is 9.64 Å². The van der Waals surface area contributed by atoms with E-state index in [4.69, 9.17) is 4.74 Å². The van der Waals surface area contributed by atoms with Crippen LogP contribution < -0.4 is 4.90 Å². The molecule has 0 N–H and O–H groups in total. The van der Waals surface area contributed by atoms with Gasteiger partial charge in [-0.2, -0.15) is 13.2 Å². The second-order valence-electron chi connectivity index (χ2n) is 9.17. The largest absolute Gasteiger partial charge is 0.471 e. The number of likely N-dealkylation sites (N-methyl/N-ethyl adjacent to an activating group) is 1. The first-order valence-corrected chi connectivity index (χ1v) is 11.2. The van der Waals surface area contributed by atoms with Crippen molar-refractivity contribution in [2.24, 2.45) is 0 Å². The summed E-state index contributed by atoms with van der Waals surface area (Å²) in [6.45, 7) is -0.0589. The van der Waals surface area contributed by atoms with E-state index in [1.165, 1.54) is 0 Å². The lowest BCUT2D eigenvalue weighted by Gasteiger charge is -2.52. The van der Waals surface area contributed by atoms with Gasteiger partial charge in [-0.25, -0.2) is 4.79 Å². The molecule has 5 rings (SSSR count). The average molecular weight is 458 g/mol. The first-order chi connectivity index (χ1) is 15.7. The molecule has 0 aromatic heterocycles. The normalized spacial score (nSPS) is 28.2. The number of hydrogen-bond donors (Lipinski definition) is 0. The van der Waals surface area contributed by atoms with Crippen LogP contribution in [-0.2, 0) is 26.3 Å². The Morgan fingerprint density at radius 3 is 2.42 bits per heavy atom. The second-order valence-corrected chi connectivity index (χ2v) is 9.17. The Balaban J connectivity index is 1.59. The third kappa shape index (κ3) is 2.99. The molecule has 1 saturated carbocycles. The maximum Gasteiger partial charge on any atom is 0.471 e. The van der Waals surface area contributed by atoms with E-state index in [-0.39, 0.29) is 13.0 Å². The molecular formula is C25H25F3N2O3. The van der Waals surface area contributed by atoms with Crippen molar-refractivity contribution >= 4 is 17.6 Å². The highest BCUT2D eigenvalue weighted by molar-refractivity contribution is 5.91. The molecule has 1 saturated heterocycles. The van der Waals surface area contributed by atoms with E-state index in [1.807, 2.05) is 30.3 Å². The summed E-state index contributed by atoms with van der Waals surface area (Å²) in [6.07, 6.45) is -2.52. The quantitative estimate of drug-likeness (QED) is 0.634. The lowest BCUT2D eigenvalue weighted by Crippen LogP contribution is -2.68. The molecule has 0 bridgehead atoms. The highest BCUT2D eigenvalue weighted by atomic mass is 19.4. The molecule has 0 spiro atoms. The van der Waals surface area contributed by atoms with Gasteiger partial charge in [0.1, 0.15) is 18.3 Å². The molecule has 33 heavy (non-hydrogen) atoms. The summed E-state index contributed by atoms with van der Waals surface area (Å²) in [4.78, 5) is 28.8. The first kappa shape index (κ1) is 21.8. The van der Waals surface area contributed by atoms with Crippen molar-refractivity contribution in [2.75, 3.05) is 11.9 Å². The third-order valence-corrected chi connectivity index (χ3v) is 7.69. The van der Waals surface area contributed by atoms with Crippen LogP contribution in [0.15, 0.2) is 54.6 Å². The van der Waals surface area contributed by atoms with Crippen LogP contribution in [0.3, 0.4) is 0 Å². The number of halogens is 3. The Morgan fingerprint density at radius 1 is 1.03 bits per heavy atom. The molecule has 3 atom stereocenters. The Labute approximate surface area is 190 Å². The predicted molar refractivity (Wildman–Crippen MR) is 115 cm³/mol. The van der Waals surface area contributed by atoms with Crippen molar-refractivity contribution < 1.29 is 27.5 Å². The highest BCUT2D eigenvalue weighted by Gasteiger charge is 2.74. The Hall–Kier alpha value is -3.03. The van der Waals surface area contributed by atoms with Crippen LogP contribution in [0.5, 0.6) is 0 Å². The molecule has 174 valence electrons. The van der Waals surface area contributed by atoms with Gasteiger partial charge in [0, 0.05) is 18.2 Å². The van der Waals surface area contributed by atoms with Crippen molar-refractivity contribution in [3.05, 3.63) is 65.7 Å². The Morgan fingerprint density at radius 2 is 1.70 bits per heavy atom. The number of carbonyl (C=O) groups is 2. The summed E-state index contributed by atoms with van der Waals surface area (Å²) in [5.74, 6) is -2.77. The van der Waals surface area contributed by atoms with E-state index < -0.39 is 35.2 Å². The second kappa shape index (κ2) is 7.50. The number of benzene rings is 2. The molecule has 2 aromatic carbocycles. The monoisotopic (exact) mass is 458 g/mol. The fourth-order valence-electron chi connectivity index (χ4n) is 6.47. The van der Waals surface area contributed by atoms with Crippen LogP contribution in [0.2, 0.25) is 0 Å². The van der Waals surface area contributed by atoms with Gasteiger partial charge in [0.15, 0.2) is 0 Å². The van der Waals surface area contributed by atoms with Crippen LogP contribution in [0.1, 0.15) is 43.2 Å². The summed E-state index contributed by atoms with van der Waals surface area (Å²) < 4.78 is 47.2. The van der Waals surface area contributed by atoms with Crippen molar-refractivity contribution in [1.82, 2.24) is 4.90 Å². The lowest BCUT2D eigenvalue weighted by atomic mass is 9.64. The van der Waals surface area contributed by atoms with Crippen molar-refractivity contribution in [1.29, 1.82) is 0 Å². The number of para-hydroxylation sites is 1. The topological polar surface area (TPSA) is 49.9 Å². The number of rotatable bonds is 3. The number of anilines is 1. The number of fused-ring (bicyclic) bond motifs is 1. The molecule has 2 aliphatic heterocycles. The van der Waals surface area contributed by atoms with Crippen LogP contribution >= 0.6 is 0 Å². The van der Waals surface area contributed by atoms with E-state index >= 15 is 0 Å². The minimum absolute atomic E-state index is 0.0589. The SMILES string of the molecule is CN1c2ccccc2[C@@]23CCCC[C@@]12N(C(=O)C(F)(F)F)[C@H](C(=O)OCc1ccccc1)C3. The van der Waals surface area contributed by atoms with Crippen molar-refractivity contribution in [3.8, 4) is 0 Å². The summed E-state index contributed by atoms with van der Waals surface area (Å²) in [7, 11) is 1.74. The Bertz CT molecular complexity index is 1090. The van der Waals surface area contributed by atoms with Crippen molar-refractivity contribution in [3.63, 3.8) is 0 Å². The van der Waals surface area contributed by atoms with Gasteiger partial charge in [0.05, 0.1) is 0 Å². The maximum atomic E-state index is 13.9. The van der Waals surface area contributed by atoms with E-state index in [9.17, 15) is 22.8 Å². The fraction of sp³-hybridized carbons (Fsp3) is 0.440. The molecule has 2 aromatic rings. The van der Waals surface area contributed by atoms with Gasteiger partial charge in [-0.05, 0) is 42.9 Å². The van der Waals surface area contributed by atoms with Crippen molar-refractivity contribution in [2.45, 2.75) is 62.0 Å². The Kier molecular flexibility index (Phi) is 4.95. The minimum atomic E-state index is -5.10. The van der Waals surface area contributed by atoms with Gasteiger partial charge in [0.25, 0.3) is 0 Å². The molecule has 0 radical (unpaired) electrons. The predicted octanol–water partition coefficient (Wildman–Crippen LogP) is 4.55. The zero-order chi connectivity index (χ0) is 23.4. The number of nitrogens with zero attached hydrogens (tertiary/aromatic N) is 2. The molecule has 3 aliphatic rings.